The van der Waals surface area contributed by atoms with Crippen LogP contribution in [-0.4, -0.2) is 39.1 Å². The quantitative estimate of drug-likeness (QED) is 0.401. The summed E-state index contributed by atoms with van der Waals surface area (Å²) >= 11 is 1.57. The zero-order valence-corrected chi connectivity index (χ0v) is 21.3. The Bertz CT molecular complexity index is 1390. The van der Waals surface area contributed by atoms with Crippen LogP contribution >= 0.6 is 11.3 Å². The van der Waals surface area contributed by atoms with E-state index in [2.05, 4.69) is 5.32 Å². The fourth-order valence-corrected chi connectivity index (χ4v) is 5.19. The van der Waals surface area contributed by atoms with Gasteiger partial charge in [-0.05, 0) is 60.2 Å². The van der Waals surface area contributed by atoms with E-state index in [1.165, 1.54) is 0 Å². The van der Waals surface area contributed by atoms with Gasteiger partial charge in [0.15, 0.2) is 0 Å². The van der Waals surface area contributed by atoms with E-state index >= 15 is 0 Å². The van der Waals surface area contributed by atoms with Crippen LogP contribution in [0, 0.1) is 6.92 Å². The van der Waals surface area contributed by atoms with Crippen molar-refractivity contribution in [2.75, 3.05) is 7.11 Å². The molecule has 0 saturated carbocycles. The number of carbonyl (C=O) groups excluding carboxylic acids is 2. The molecule has 5 rings (SSSR count). The second kappa shape index (κ2) is 9.62. The molecule has 36 heavy (non-hydrogen) atoms. The first kappa shape index (κ1) is 23.8. The molecule has 0 unspecified atom stereocenters. The van der Waals surface area contributed by atoms with Gasteiger partial charge in [0, 0.05) is 13.1 Å². The van der Waals surface area contributed by atoms with Crippen molar-refractivity contribution in [1.82, 2.24) is 20.0 Å². The van der Waals surface area contributed by atoms with Crippen LogP contribution in [0.25, 0.3) is 10.6 Å². The third-order valence-corrected chi connectivity index (χ3v) is 7.65. The average Bonchev–Trinajstić information content (AvgIpc) is 3.57. The maximum atomic E-state index is 13.9. The highest BCUT2D eigenvalue weighted by Gasteiger charge is 2.48. The van der Waals surface area contributed by atoms with Gasteiger partial charge >= 0.3 is 0 Å². The van der Waals surface area contributed by atoms with Crippen molar-refractivity contribution in [2.24, 2.45) is 0 Å². The maximum Gasteiger partial charge on any atom is 0.273 e. The zero-order valence-electron chi connectivity index (χ0n) is 20.5. The molecule has 0 bridgehead atoms. The summed E-state index contributed by atoms with van der Waals surface area (Å²) < 4.78 is 6.90. The summed E-state index contributed by atoms with van der Waals surface area (Å²) in [4.78, 5) is 30.3. The van der Waals surface area contributed by atoms with Crippen LogP contribution < -0.4 is 10.1 Å². The number of aromatic nitrogens is 2. The number of hydrogen-bond acceptors (Lipinski definition) is 5. The summed E-state index contributed by atoms with van der Waals surface area (Å²) in [5.74, 6) is 0.327. The molecule has 1 N–H and O–H groups in total. The Morgan fingerprint density at radius 3 is 2.61 bits per heavy atom. The van der Waals surface area contributed by atoms with Crippen molar-refractivity contribution in [3.63, 3.8) is 0 Å². The van der Waals surface area contributed by atoms with E-state index in [4.69, 9.17) is 9.84 Å². The van der Waals surface area contributed by atoms with Gasteiger partial charge in [-0.1, -0.05) is 42.5 Å². The number of aryl methyl sites for hydroxylation is 1. The van der Waals surface area contributed by atoms with Crippen LogP contribution in [-0.2, 0) is 24.4 Å². The maximum absolute atomic E-state index is 13.9. The lowest BCUT2D eigenvalue weighted by atomic mass is 9.93. The highest BCUT2D eigenvalue weighted by atomic mass is 32.1. The zero-order chi connectivity index (χ0) is 25.3. The van der Waals surface area contributed by atoms with Crippen LogP contribution in [0.1, 0.15) is 34.1 Å². The van der Waals surface area contributed by atoms with Crippen LogP contribution in [0.15, 0.2) is 72.1 Å². The largest absolute Gasteiger partial charge is 0.497 e. The minimum Gasteiger partial charge on any atom is -0.497 e. The monoisotopic (exact) mass is 500 g/mol. The number of methoxy groups -OCH3 is 1. The normalized spacial score (nSPS) is 17.1. The molecule has 4 aromatic rings. The number of nitrogens with zero attached hydrogens (tertiary/aromatic N) is 3. The summed E-state index contributed by atoms with van der Waals surface area (Å²) in [5, 5.41) is 9.74. The van der Waals surface area contributed by atoms with Crippen LogP contribution in [0.3, 0.4) is 0 Å². The van der Waals surface area contributed by atoms with Gasteiger partial charge in [-0.2, -0.15) is 5.10 Å². The molecule has 0 saturated heterocycles. The van der Waals surface area contributed by atoms with E-state index in [9.17, 15) is 9.59 Å². The lowest BCUT2D eigenvalue weighted by Crippen LogP contribution is -2.63. The molecule has 1 aliphatic rings. The number of benzene rings is 2. The molecule has 7 nitrogen and oxygen atoms in total. The Kier molecular flexibility index (Phi) is 6.36. The smallest absolute Gasteiger partial charge is 0.273 e. The van der Waals surface area contributed by atoms with Gasteiger partial charge in [0.1, 0.15) is 22.7 Å². The van der Waals surface area contributed by atoms with Crippen molar-refractivity contribution in [3.8, 4) is 16.3 Å². The number of hydrogen-bond donors (Lipinski definition) is 1. The van der Waals surface area contributed by atoms with Gasteiger partial charge in [0.25, 0.3) is 5.91 Å². The number of ether oxygens (including phenoxy) is 1. The van der Waals surface area contributed by atoms with Crippen molar-refractivity contribution in [2.45, 2.75) is 39.0 Å². The first-order chi connectivity index (χ1) is 17.4. The average molecular weight is 501 g/mol. The molecule has 1 aliphatic heterocycles. The molecule has 0 fully saturated rings. The molecule has 2 aromatic heterocycles. The summed E-state index contributed by atoms with van der Waals surface area (Å²) in [7, 11) is 1.62. The Balaban J connectivity index is 1.47. The van der Waals surface area contributed by atoms with Crippen molar-refractivity contribution < 1.29 is 14.3 Å². The summed E-state index contributed by atoms with van der Waals surface area (Å²) in [6, 6.07) is 21.3. The molecule has 1 atom stereocenters. The van der Waals surface area contributed by atoms with Gasteiger partial charge in [-0.25, -0.2) is 0 Å². The lowest BCUT2D eigenvalue weighted by Gasteiger charge is -2.43. The van der Waals surface area contributed by atoms with Gasteiger partial charge in [-0.15, -0.1) is 11.3 Å². The standard InChI is InChI=1S/C28H28N4O3S/c1-19-7-4-5-8-21(19)17-31-26(33)24-15-23(25-9-6-14-36-25)30-32(24)18-28(31,2)27(34)29-16-20-10-12-22(35-3)13-11-20/h4-15H,16-18H2,1-3H3,(H,29,34)/t28-/m1/s1. The first-order valence-corrected chi connectivity index (χ1v) is 12.7. The molecule has 0 radical (unpaired) electrons. The number of fused-ring (bicyclic) bond motifs is 1. The topological polar surface area (TPSA) is 76.5 Å². The predicted octanol–water partition coefficient (Wildman–Crippen LogP) is 4.66. The number of thiophene rings is 1. The molecule has 184 valence electrons. The first-order valence-electron chi connectivity index (χ1n) is 11.8. The molecule has 3 heterocycles. The SMILES string of the molecule is COc1ccc(CNC(=O)[C@@]2(C)Cn3nc(-c4cccs4)cc3C(=O)N2Cc2ccccc2C)cc1. The van der Waals surface area contributed by atoms with E-state index in [-0.39, 0.29) is 18.4 Å². The summed E-state index contributed by atoms with van der Waals surface area (Å²) in [6.07, 6.45) is 0. The highest BCUT2D eigenvalue weighted by Crippen LogP contribution is 2.33. The lowest BCUT2D eigenvalue weighted by molar-refractivity contribution is -0.133. The second-order valence-electron chi connectivity index (χ2n) is 9.17. The number of carbonyl (C=O) groups is 2. The van der Waals surface area contributed by atoms with E-state index in [1.54, 1.807) is 28.0 Å². The number of nitrogens with one attached hydrogen (secondary N) is 1. The number of rotatable bonds is 7. The van der Waals surface area contributed by atoms with Crippen molar-refractivity contribution in [3.05, 3.63) is 94.5 Å². The molecular weight excluding hydrogens is 472 g/mol. The van der Waals surface area contributed by atoms with Gasteiger partial charge in [0.2, 0.25) is 5.91 Å². The Morgan fingerprint density at radius 1 is 1.14 bits per heavy atom. The predicted molar refractivity (Wildman–Crippen MR) is 140 cm³/mol. The van der Waals surface area contributed by atoms with Gasteiger partial charge in [0.05, 0.1) is 18.5 Å². The molecule has 8 heteroatoms. The third-order valence-electron chi connectivity index (χ3n) is 6.76. The van der Waals surface area contributed by atoms with E-state index in [1.807, 2.05) is 86.0 Å². The summed E-state index contributed by atoms with van der Waals surface area (Å²) in [6.45, 7) is 4.78. The van der Waals surface area contributed by atoms with Crippen LogP contribution in [0.4, 0.5) is 0 Å². The number of amides is 2. The molecule has 0 spiro atoms. The summed E-state index contributed by atoms with van der Waals surface area (Å²) in [5.41, 5.74) is 3.13. The molecule has 0 aliphatic carbocycles. The van der Waals surface area contributed by atoms with Crippen molar-refractivity contribution >= 4 is 23.2 Å². The third kappa shape index (κ3) is 4.40. The second-order valence-corrected chi connectivity index (χ2v) is 10.1. The molecular formula is C28H28N4O3S. The van der Waals surface area contributed by atoms with Gasteiger partial charge < -0.3 is 15.0 Å². The van der Waals surface area contributed by atoms with Crippen molar-refractivity contribution in [1.29, 1.82) is 0 Å². The Morgan fingerprint density at radius 2 is 1.92 bits per heavy atom. The molecule has 2 amide bonds. The Hall–Kier alpha value is -3.91. The fourth-order valence-electron chi connectivity index (χ4n) is 4.51. The van der Waals surface area contributed by atoms with Crippen LogP contribution in [0.5, 0.6) is 5.75 Å². The Labute approximate surface area is 214 Å². The van der Waals surface area contributed by atoms with E-state index < -0.39 is 5.54 Å². The van der Waals surface area contributed by atoms with E-state index in [0.717, 1.165) is 33.0 Å². The highest BCUT2D eigenvalue weighted by molar-refractivity contribution is 7.13. The van der Waals surface area contributed by atoms with Gasteiger partial charge in [-0.3, -0.25) is 14.3 Å². The minimum atomic E-state index is -1.13. The minimum absolute atomic E-state index is 0.207. The fraction of sp³-hybridized carbons (Fsp3) is 0.250. The van der Waals surface area contributed by atoms with E-state index in [0.29, 0.717) is 18.8 Å². The van der Waals surface area contributed by atoms with Crippen LogP contribution in [0.2, 0.25) is 0 Å². The molecule has 2 aromatic carbocycles.